The van der Waals surface area contributed by atoms with Crippen molar-refractivity contribution >= 4 is 17.7 Å². The molecular formula is C25H31N5O4S. The molecule has 0 spiro atoms. The van der Waals surface area contributed by atoms with Crippen LogP contribution in [0.3, 0.4) is 0 Å². The number of morpholine rings is 1. The molecule has 4 rings (SSSR count). The number of aromatic nitrogens is 3. The van der Waals surface area contributed by atoms with Crippen LogP contribution in [0.25, 0.3) is 11.4 Å². The Kier molecular flexibility index (Phi) is 8.99. The Balaban J connectivity index is 1.41. The average Bonchev–Trinajstić information content (AvgIpc) is 3.37. The quantitative estimate of drug-likeness (QED) is 0.390. The summed E-state index contributed by atoms with van der Waals surface area (Å²) in [6.45, 7) is 4.74. The van der Waals surface area contributed by atoms with Gasteiger partial charge >= 0.3 is 0 Å². The van der Waals surface area contributed by atoms with Crippen molar-refractivity contribution in [2.75, 3.05) is 53.6 Å². The van der Waals surface area contributed by atoms with Gasteiger partial charge in [-0.1, -0.05) is 23.9 Å². The lowest BCUT2D eigenvalue weighted by atomic mass is 10.1. The van der Waals surface area contributed by atoms with E-state index in [4.69, 9.17) is 14.2 Å². The first-order chi connectivity index (χ1) is 17.1. The number of benzene rings is 2. The fourth-order valence-electron chi connectivity index (χ4n) is 3.77. The molecule has 3 aromatic rings. The van der Waals surface area contributed by atoms with Crippen molar-refractivity contribution in [3.8, 4) is 22.9 Å². The highest BCUT2D eigenvalue weighted by molar-refractivity contribution is 7.99. The molecule has 1 atom stereocenters. The second-order valence-electron chi connectivity index (χ2n) is 8.08. The molecule has 1 amide bonds. The lowest BCUT2D eigenvalue weighted by Crippen LogP contribution is -2.41. The summed E-state index contributed by atoms with van der Waals surface area (Å²) < 4.78 is 15.9. The number of thioether (sulfide) groups is 1. The normalized spacial score (nSPS) is 14.9. The second-order valence-corrected chi connectivity index (χ2v) is 9.25. The Bertz CT molecular complexity index is 1070. The van der Waals surface area contributed by atoms with Crippen LogP contribution < -0.4 is 14.8 Å². The molecule has 1 aromatic heterocycles. The van der Waals surface area contributed by atoms with E-state index in [1.807, 2.05) is 48.5 Å². The van der Waals surface area contributed by atoms with Gasteiger partial charge in [-0.05, 0) is 42.0 Å². The van der Waals surface area contributed by atoms with Gasteiger partial charge in [0.2, 0.25) is 11.1 Å². The number of H-pyrrole nitrogens is 1. The molecule has 1 fully saturated rings. The maximum atomic E-state index is 12.8. The lowest BCUT2D eigenvalue weighted by molar-refractivity contribution is -0.121. The van der Waals surface area contributed by atoms with E-state index in [-0.39, 0.29) is 11.2 Å². The molecule has 1 unspecified atom stereocenters. The molecule has 2 aromatic carbocycles. The van der Waals surface area contributed by atoms with Gasteiger partial charge in [-0.25, -0.2) is 4.98 Å². The van der Waals surface area contributed by atoms with E-state index in [1.165, 1.54) is 11.8 Å². The number of carbonyl (C=O) groups is 1. The van der Waals surface area contributed by atoms with Crippen molar-refractivity contribution < 1.29 is 19.0 Å². The van der Waals surface area contributed by atoms with Gasteiger partial charge in [0.25, 0.3) is 0 Å². The fourth-order valence-corrected chi connectivity index (χ4v) is 4.79. The Morgan fingerprint density at radius 1 is 1.09 bits per heavy atom. The first-order valence-corrected chi connectivity index (χ1v) is 12.5. The number of ether oxygens (including phenoxy) is 3. The molecule has 10 heteroatoms. The number of aromatic amines is 1. The number of amides is 1. The highest BCUT2D eigenvalue weighted by Gasteiger charge is 2.21. The van der Waals surface area contributed by atoms with Crippen LogP contribution in [-0.4, -0.2) is 79.6 Å². The minimum atomic E-state index is -0.149. The second kappa shape index (κ2) is 12.6. The predicted molar refractivity (Wildman–Crippen MR) is 135 cm³/mol. The van der Waals surface area contributed by atoms with Crippen LogP contribution in [0.15, 0.2) is 53.7 Å². The standard InChI is InChI=1S/C25H31N5O4S/c1-32-20-7-3-18(4-8-20)22(17-23(31)26-11-12-30-13-15-34-16-14-30)35-25-27-24(28-29-25)19-5-9-21(33-2)10-6-19/h3-10,22H,11-17H2,1-2H3,(H,26,31)(H,27,28,29). The molecule has 1 aliphatic rings. The highest BCUT2D eigenvalue weighted by Crippen LogP contribution is 2.37. The SMILES string of the molecule is COc1ccc(-c2nc(SC(CC(=O)NCCN3CCOCC3)c3ccc(OC)cc3)n[nH]2)cc1. The molecule has 35 heavy (non-hydrogen) atoms. The molecule has 1 saturated heterocycles. The molecular weight excluding hydrogens is 466 g/mol. The summed E-state index contributed by atoms with van der Waals surface area (Å²) in [7, 11) is 3.27. The van der Waals surface area contributed by atoms with Crippen LogP contribution in [0.1, 0.15) is 17.2 Å². The molecule has 2 N–H and O–H groups in total. The van der Waals surface area contributed by atoms with Crippen LogP contribution in [0.2, 0.25) is 0 Å². The van der Waals surface area contributed by atoms with E-state index < -0.39 is 0 Å². The Morgan fingerprint density at radius 3 is 2.40 bits per heavy atom. The summed E-state index contributed by atoms with van der Waals surface area (Å²) in [6, 6.07) is 15.4. The van der Waals surface area contributed by atoms with E-state index in [2.05, 4.69) is 25.4 Å². The Hall–Kier alpha value is -3.08. The zero-order valence-electron chi connectivity index (χ0n) is 20.0. The number of nitrogens with one attached hydrogen (secondary N) is 2. The maximum absolute atomic E-state index is 12.8. The Labute approximate surface area is 209 Å². The smallest absolute Gasteiger partial charge is 0.221 e. The first-order valence-electron chi connectivity index (χ1n) is 11.6. The van der Waals surface area contributed by atoms with E-state index >= 15 is 0 Å². The molecule has 0 radical (unpaired) electrons. The van der Waals surface area contributed by atoms with Gasteiger partial charge in [-0.2, -0.15) is 0 Å². The zero-order valence-corrected chi connectivity index (χ0v) is 20.8. The van der Waals surface area contributed by atoms with Gasteiger partial charge in [-0.15, -0.1) is 5.10 Å². The number of rotatable bonds is 11. The third kappa shape index (κ3) is 7.20. The minimum absolute atomic E-state index is 0.00232. The summed E-state index contributed by atoms with van der Waals surface area (Å²) >= 11 is 1.46. The van der Waals surface area contributed by atoms with E-state index in [0.717, 1.165) is 55.5 Å². The topological polar surface area (TPSA) is 102 Å². The average molecular weight is 498 g/mol. The first kappa shape index (κ1) is 25.0. The number of nitrogens with zero attached hydrogens (tertiary/aromatic N) is 3. The van der Waals surface area contributed by atoms with Crippen molar-refractivity contribution in [1.82, 2.24) is 25.4 Å². The van der Waals surface area contributed by atoms with Crippen molar-refractivity contribution in [1.29, 1.82) is 0 Å². The lowest BCUT2D eigenvalue weighted by Gasteiger charge is -2.26. The molecule has 0 saturated carbocycles. The summed E-state index contributed by atoms with van der Waals surface area (Å²) in [5.74, 6) is 2.21. The van der Waals surface area contributed by atoms with Gasteiger partial charge < -0.3 is 19.5 Å². The number of methoxy groups -OCH3 is 2. The van der Waals surface area contributed by atoms with Crippen LogP contribution in [0, 0.1) is 0 Å². The van der Waals surface area contributed by atoms with Crippen LogP contribution in [-0.2, 0) is 9.53 Å². The zero-order chi connectivity index (χ0) is 24.5. The van der Waals surface area contributed by atoms with Crippen molar-refractivity contribution in [3.63, 3.8) is 0 Å². The number of hydrogen-bond acceptors (Lipinski definition) is 8. The largest absolute Gasteiger partial charge is 0.497 e. The maximum Gasteiger partial charge on any atom is 0.221 e. The van der Waals surface area contributed by atoms with Gasteiger partial charge in [0.15, 0.2) is 5.82 Å². The van der Waals surface area contributed by atoms with E-state index in [9.17, 15) is 4.79 Å². The third-order valence-electron chi connectivity index (χ3n) is 5.79. The Morgan fingerprint density at radius 2 is 1.74 bits per heavy atom. The molecule has 0 aliphatic carbocycles. The van der Waals surface area contributed by atoms with Crippen molar-refractivity contribution in [3.05, 3.63) is 54.1 Å². The fraction of sp³-hybridized carbons (Fsp3) is 0.400. The van der Waals surface area contributed by atoms with Gasteiger partial charge in [0, 0.05) is 43.4 Å². The van der Waals surface area contributed by atoms with E-state index in [0.29, 0.717) is 23.9 Å². The monoisotopic (exact) mass is 497 g/mol. The van der Waals surface area contributed by atoms with Gasteiger partial charge in [-0.3, -0.25) is 14.8 Å². The summed E-state index contributed by atoms with van der Waals surface area (Å²) in [5.41, 5.74) is 1.92. The van der Waals surface area contributed by atoms with Gasteiger partial charge in [0.05, 0.1) is 27.4 Å². The molecule has 0 bridgehead atoms. The highest BCUT2D eigenvalue weighted by atomic mass is 32.2. The number of hydrogen-bond donors (Lipinski definition) is 2. The number of carbonyl (C=O) groups excluding carboxylic acids is 1. The molecule has 186 valence electrons. The molecule has 2 heterocycles. The predicted octanol–water partition coefficient (Wildman–Crippen LogP) is 3.16. The van der Waals surface area contributed by atoms with Gasteiger partial charge in [0.1, 0.15) is 11.5 Å². The van der Waals surface area contributed by atoms with Crippen molar-refractivity contribution in [2.45, 2.75) is 16.8 Å². The summed E-state index contributed by atoms with van der Waals surface area (Å²) in [5, 5.41) is 10.9. The summed E-state index contributed by atoms with van der Waals surface area (Å²) in [6.07, 6.45) is 0.312. The van der Waals surface area contributed by atoms with Crippen LogP contribution in [0.5, 0.6) is 11.5 Å². The van der Waals surface area contributed by atoms with Crippen molar-refractivity contribution in [2.24, 2.45) is 0 Å². The molecule has 1 aliphatic heterocycles. The van der Waals surface area contributed by atoms with E-state index in [1.54, 1.807) is 14.2 Å². The third-order valence-corrected chi connectivity index (χ3v) is 6.91. The van der Waals surface area contributed by atoms with Crippen LogP contribution >= 0.6 is 11.8 Å². The van der Waals surface area contributed by atoms with Crippen LogP contribution in [0.4, 0.5) is 0 Å². The molecule has 9 nitrogen and oxygen atoms in total. The minimum Gasteiger partial charge on any atom is -0.497 e. The summed E-state index contributed by atoms with van der Waals surface area (Å²) in [4.78, 5) is 19.8.